The van der Waals surface area contributed by atoms with Crippen LogP contribution in [0.15, 0.2) is 24.8 Å². The molecule has 0 N–H and O–H groups in total. The molecule has 0 radical (unpaired) electrons. The van der Waals surface area contributed by atoms with E-state index in [1.807, 2.05) is 6.08 Å². The van der Waals surface area contributed by atoms with E-state index in [2.05, 4.69) is 19.1 Å². The SMILES string of the molecule is C#CCCCCC(=C)CC=C. The lowest BCUT2D eigenvalue weighted by Gasteiger charge is -1.99. The van der Waals surface area contributed by atoms with E-state index in [9.17, 15) is 0 Å². The summed E-state index contributed by atoms with van der Waals surface area (Å²) in [7, 11) is 0. The third kappa shape index (κ3) is 6.93. The van der Waals surface area contributed by atoms with Crippen LogP contribution in [-0.2, 0) is 0 Å². The second-order valence-electron chi connectivity index (χ2n) is 2.65. The molecule has 60 valence electrons. The molecule has 0 amide bonds. The Labute approximate surface area is 70.0 Å². The second kappa shape index (κ2) is 7.15. The molecular weight excluding hydrogens is 132 g/mol. The minimum atomic E-state index is 0.890. The van der Waals surface area contributed by atoms with E-state index in [4.69, 9.17) is 6.42 Å². The van der Waals surface area contributed by atoms with Gasteiger partial charge < -0.3 is 0 Å². The fourth-order valence-corrected chi connectivity index (χ4v) is 0.908. The predicted octanol–water partition coefficient (Wildman–Crippen LogP) is 3.31. The normalized spacial score (nSPS) is 8.64. The topological polar surface area (TPSA) is 0 Å². The maximum atomic E-state index is 5.12. The van der Waals surface area contributed by atoms with E-state index in [0.29, 0.717) is 0 Å². The van der Waals surface area contributed by atoms with Crippen molar-refractivity contribution in [3.63, 3.8) is 0 Å². The average Bonchev–Trinajstić information content (AvgIpc) is 1.99. The highest BCUT2D eigenvalue weighted by atomic mass is 14.0. The van der Waals surface area contributed by atoms with Crippen molar-refractivity contribution in [1.29, 1.82) is 0 Å². The Hall–Kier alpha value is -0.960. The van der Waals surface area contributed by atoms with Gasteiger partial charge in [-0.25, -0.2) is 0 Å². The number of terminal acetylenes is 1. The summed E-state index contributed by atoms with van der Waals surface area (Å²) in [5.41, 5.74) is 1.26. The van der Waals surface area contributed by atoms with Crippen LogP contribution in [-0.4, -0.2) is 0 Å². The van der Waals surface area contributed by atoms with Crippen LogP contribution in [0.4, 0.5) is 0 Å². The van der Waals surface area contributed by atoms with E-state index in [1.54, 1.807) is 0 Å². The molecule has 0 bridgehead atoms. The van der Waals surface area contributed by atoms with E-state index < -0.39 is 0 Å². The van der Waals surface area contributed by atoms with Gasteiger partial charge in [0.2, 0.25) is 0 Å². The zero-order valence-corrected chi connectivity index (χ0v) is 7.10. The lowest BCUT2D eigenvalue weighted by atomic mass is 10.1. The zero-order chi connectivity index (χ0) is 8.53. The summed E-state index contributed by atoms with van der Waals surface area (Å²) < 4.78 is 0. The molecule has 11 heavy (non-hydrogen) atoms. The highest BCUT2D eigenvalue weighted by Gasteiger charge is 1.90. The Balaban J connectivity index is 3.18. The first-order valence-corrected chi connectivity index (χ1v) is 4.02. The van der Waals surface area contributed by atoms with Crippen LogP contribution >= 0.6 is 0 Å². The molecule has 0 saturated heterocycles. The van der Waals surface area contributed by atoms with Crippen molar-refractivity contribution in [2.24, 2.45) is 0 Å². The molecule has 0 nitrogen and oxygen atoms in total. The molecule has 0 aliphatic heterocycles. The van der Waals surface area contributed by atoms with Crippen LogP contribution in [0.3, 0.4) is 0 Å². The predicted molar refractivity (Wildman–Crippen MR) is 51.3 cm³/mol. The van der Waals surface area contributed by atoms with Crippen molar-refractivity contribution in [1.82, 2.24) is 0 Å². The zero-order valence-electron chi connectivity index (χ0n) is 7.10. The highest BCUT2D eigenvalue weighted by Crippen LogP contribution is 2.09. The molecule has 0 spiro atoms. The summed E-state index contributed by atoms with van der Waals surface area (Å²) in [4.78, 5) is 0. The van der Waals surface area contributed by atoms with Gasteiger partial charge in [-0.2, -0.15) is 0 Å². The third-order valence-electron chi connectivity index (χ3n) is 1.53. The van der Waals surface area contributed by atoms with E-state index >= 15 is 0 Å². The molecule has 0 saturated carbocycles. The molecule has 0 aliphatic rings. The van der Waals surface area contributed by atoms with Gasteiger partial charge in [0.1, 0.15) is 0 Å². The molecule has 0 heterocycles. The third-order valence-corrected chi connectivity index (χ3v) is 1.53. The number of rotatable bonds is 6. The van der Waals surface area contributed by atoms with E-state index in [-0.39, 0.29) is 0 Å². The van der Waals surface area contributed by atoms with Crippen molar-refractivity contribution in [3.8, 4) is 12.3 Å². The van der Waals surface area contributed by atoms with Gasteiger partial charge in [-0.3, -0.25) is 0 Å². The fourth-order valence-electron chi connectivity index (χ4n) is 0.908. The lowest BCUT2D eigenvalue weighted by molar-refractivity contribution is 0.744. The highest BCUT2D eigenvalue weighted by molar-refractivity contribution is 4.99. The summed E-state index contributed by atoms with van der Waals surface area (Å²) in [6, 6.07) is 0. The monoisotopic (exact) mass is 148 g/mol. The van der Waals surface area contributed by atoms with Crippen LogP contribution in [0.25, 0.3) is 0 Å². The van der Waals surface area contributed by atoms with Crippen LogP contribution in [0.1, 0.15) is 32.1 Å². The Morgan fingerprint density at radius 1 is 1.45 bits per heavy atom. The van der Waals surface area contributed by atoms with Crippen molar-refractivity contribution < 1.29 is 0 Å². The largest absolute Gasteiger partial charge is 0.120 e. The minimum absolute atomic E-state index is 0.890. The van der Waals surface area contributed by atoms with Gasteiger partial charge in [0, 0.05) is 6.42 Å². The van der Waals surface area contributed by atoms with Gasteiger partial charge in [0.15, 0.2) is 0 Å². The summed E-state index contributed by atoms with van der Waals surface area (Å²) >= 11 is 0. The number of hydrogen-bond donors (Lipinski definition) is 0. The summed E-state index contributed by atoms with van der Waals surface area (Å²) in [6.45, 7) is 7.57. The molecule has 0 heteroatoms. The first-order valence-electron chi connectivity index (χ1n) is 4.02. The maximum Gasteiger partial charge on any atom is 0.00861 e. The van der Waals surface area contributed by atoms with Crippen LogP contribution < -0.4 is 0 Å². The van der Waals surface area contributed by atoms with Crippen LogP contribution in [0, 0.1) is 12.3 Å². The number of allylic oxidation sites excluding steroid dienone is 2. The summed E-state index contributed by atoms with van der Waals surface area (Å²) in [5.74, 6) is 2.62. The number of hydrogen-bond acceptors (Lipinski definition) is 0. The average molecular weight is 148 g/mol. The number of unbranched alkanes of at least 4 members (excludes halogenated alkanes) is 2. The minimum Gasteiger partial charge on any atom is -0.120 e. The summed E-state index contributed by atoms with van der Waals surface area (Å²) in [6.07, 6.45) is 12.2. The Kier molecular flexibility index (Phi) is 6.53. The summed E-state index contributed by atoms with van der Waals surface area (Å²) in [5, 5.41) is 0. The molecule has 0 aromatic heterocycles. The van der Waals surface area contributed by atoms with Crippen LogP contribution in [0.5, 0.6) is 0 Å². The smallest absolute Gasteiger partial charge is 0.00861 e. The first kappa shape index (κ1) is 10.0. The van der Waals surface area contributed by atoms with Crippen molar-refractivity contribution in [3.05, 3.63) is 24.8 Å². The first-order chi connectivity index (χ1) is 5.31. The van der Waals surface area contributed by atoms with Crippen molar-refractivity contribution in [2.45, 2.75) is 32.1 Å². The molecule has 0 rings (SSSR count). The van der Waals surface area contributed by atoms with E-state index in [0.717, 1.165) is 32.1 Å². The molecular formula is C11H16. The van der Waals surface area contributed by atoms with Crippen molar-refractivity contribution in [2.75, 3.05) is 0 Å². The molecule has 0 atom stereocenters. The Bertz CT molecular complexity index is 157. The van der Waals surface area contributed by atoms with Gasteiger partial charge >= 0.3 is 0 Å². The lowest BCUT2D eigenvalue weighted by Crippen LogP contribution is -1.80. The van der Waals surface area contributed by atoms with E-state index in [1.165, 1.54) is 5.57 Å². The Morgan fingerprint density at radius 2 is 2.18 bits per heavy atom. The second-order valence-corrected chi connectivity index (χ2v) is 2.65. The molecule has 0 aromatic carbocycles. The van der Waals surface area contributed by atoms with Gasteiger partial charge in [0.05, 0.1) is 0 Å². The van der Waals surface area contributed by atoms with Crippen molar-refractivity contribution >= 4 is 0 Å². The molecule has 0 aromatic rings. The molecule has 0 aliphatic carbocycles. The quantitative estimate of drug-likeness (QED) is 0.308. The molecule has 0 unspecified atom stereocenters. The van der Waals surface area contributed by atoms with Crippen LogP contribution in [0.2, 0.25) is 0 Å². The standard InChI is InChI=1S/C11H16/c1-4-6-7-8-10-11(3)9-5-2/h1,5H,2-3,6-10H2. The van der Waals surface area contributed by atoms with Gasteiger partial charge in [-0.15, -0.1) is 18.9 Å². The fraction of sp³-hybridized carbons (Fsp3) is 0.455. The Morgan fingerprint density at radius 3 is 2.73 bits per heavy atom. The van der Waals surface area contributed by atoms with Gasteiger partial charge in [0.25, 0.3) is 0 Å². The molecule has 0 fully saturated rings. The van der Waals surface area contributed by atoms with Gasteiger partial charge in [-0.1, -0.05) is 18.2 Å². The maximum absolute atomic E-state index is 5.12. The van der Waals surface area contributed by atoms with Gasteiger partial charge in [-0.05, 0) is 25.7 Å².